The number of nitrogens with zero attached hydrogens (tertiary/aromatic N) is 1. The van der Waals surface area contributed by atoms with E-state index in [1.807, 2.05) is 13.8 Å². The summed E-state index contributed by atoms with van der Waals surface area (Å²) in [5.74, 6) is -0.136. The van der Waals surface area contributed by atoms with Gasteiger partial charge in [-0.3, -0.25) is 4.79 Å². The highest BCUT2D eigenvalue weighted by atomic mass is 79.9. The molecule has 0 aromatic carbocycles. The second kappa shape index (κ2) is 4.58. The summed E-state index contributed by atoms with van der Waals surface area (Å²) in [4.78, 5) is 12.2. The topological polar surface area (TPSA) is 52.9 Å². The number of halogens is 1. The van der Waals surface area contributed by atoms with Gasteiger partial charge < -0.3 is 5.32 Å². The molecule has 0 bridgehead atoms. The number of anilines is 1. The molecule has 5 heteroatoms. The molecule has 74 valence electrons. The minimum atomic E-state index is -0.136. The van der Waals surface area contributed by atoms with Gasteiger partial charge in [-0.05, 0) is 19.4 Å². The predicted molar refractivity (Wildman–Crippen MR) is 60.9 cm³/mol. The lowest BCUT2D eigenvalue weighted by Gasteiger charge is -1.98. The van der Waals surface area contributed by atoms with E-state index in [9.17, 15) is 4.79 Å². The van der Waals surface area contributed by atoms with Crippen LogP contribution < -0.4 is 5.32 Å². The van der Waals surface area contributed by atoms with E-state index >= 15 is 0 Å². The van der Waals surface area contributed by atoms with E-state index in [4.69, 9.17) is 5.26 Å². The van der Waals surface area contributed by atoms with Crippen LogP contribution in [0.1, 0.15) is 16.0 Å². The molecule has 1 rings (SSSR count). The fourth-order valence-corrected chi connectivity index (χ4v) is 2.18. The quantitative estimate of drug-likeness (QED) is 0.842. The van der Waals surface area contributed by atoms with Gasteiger partial charge in [0.15, 0.2) is 0 Å². The molecule has 1 aromatic heterocycles. The first-order chi connectivity index (χ1) is 6.60. The fraction of sp³-hybridized carbons (Fsp3) is 0.333. The minimum absolute atomic E-state index is 0.136. The molecule has 14 heavy (non-hydrogen) atoms. The van der Waals surface area contributed by atoms with Crippen molar-refractivity contribution >= 4 is 38.2 Å². The van der Waals surface area contributed by atoms with Gasteiger partial charge in [0.2, 0.25) is 5.91 Å². The lowest BCUT2D eigenvalue weighted by molar-refractivity contribution is -0.113. The van der Waals surface area contributed by atoms with Crippen molar-refractivity contribution in [1.29, 1.82) is 5.26 Å². The molecule has 0 atom stereocenters. The number of carbonyl (C=O) groups excluding carboxylic acids is 1. The van der Waals surface area contributed by atoms with Crippen LogP contribution in [0, 0.1) is 25.2 Å². The van der Waals surface area contributed by atoms with E-state index in [1.54, 1.807) is 0 Å². The van der Waals surface area contributed by atoms with Gasteiger partial charge in [0.1, 0.15) is 11.1 Å². The normalized spacial score (nSPS) is 9.57. The molecule has 1 heterocycles. The van der Waals surface area contributed by atoms with Gasteiger partial charge in [-0.15, -0.1) is 11.3 Å². The van der Waals surface area contributed by atoms with Crippen molar-refractivity contribution in [3.05, 3.63) is 16.0 Å². The van der Waals surface area contributed by atoms with Gasteiger partial charge in [0.25, 0.3) is 0 Å². The van der Waals surface area contributed by atoms with Gasteiger partial charge in [-0.2, -0.15) is 5.26 Å². The highest BCUT2D eigenvalue weighted by molar-refractivity contribution is 9.09. The van der Waals surface area contributed by atoms with Crippen LogP contribution in [-0.2, 0) is 4.79 Å². The van der Waals surface area contributed by atoms with Crippen molar-refractivity contribution in [3.63, 3.8) is 0 Å². The Bertz CT molecular complexity index is 406. The van der Waals surface area contributed by atoms with Gasteiger partial charge in [0, 0.05) is 4.88 Å². The average Bonchev–Trinajstić information content (AvgIpc) is 2.42. The Hall–Kier alpha value is -0.860. The molecule has 0 saturated heterocycles. The molecular formula is C9H9BrN2OS. The molecule has 0 unspecified atom stereocenters. The van der Waals surface area contributed by atoms with Crippen LogP contribution in [0.5, 0.6) is 0 Å². The number of nitrogens with one attached hydrogen (secondary N) is 1. The first kappa shape index (κ1) is 11.2. The van der Waals surface area contributed by atoms with E-state index in [0.29, 0.717) is 10.6 Å². The number of carbonyl (C=O) groups is 1. The molecule has 1 N–H and O–H groups in total. The standard InChI is InChI=1S/C9H9BrN2OS/c1-5-6(2)14-9(7(5)4-11)12-8(13)3-10/h3H2,1-2H3,(H,12,13). The molecule has 0 aliphatic carbocycles. The van der Waals surface area contributed by atoms with Crippen LogP contribution in [0.3, 0.4) is 0 Å². The molecule has 0 fully saturated rings. The summed E-state index contributed by atoms with van der Waals surface area (Å²) >= 11 is 4.49. The third kappa shape index (κ3) is 2.14. The van der Waals surface area contributed by atoms with Crippen LogP contribution in [-0.4, -0.2) is 11.2 Å². The summed E-state index contributed by atoms with van der Waals surface area (Å²) in [6.45, 7) is 3.82. The largest absolute Gasteiger partial charge is 0.316 e. The second-order valence-corrected chi connectivity index (χ2v) is 4.57. The van der Waals surface area contributed by atoms with Crippen molar-refractivity contribution in [2.24, 2.45) is 0 Å². The molecule has 1 amide bonds. The Balaban J connectivity index is 3.04. The zero-order valence-corrected chi connectivity index (χ0v) is 10.3. The molecular weight excluding hydrogens is 264 g/mol. The Morgan fingerprint density at radius 2 is 2.29 bits per heavy atom. The van der Waals surface area contributed by atoms with E-state index in [2.05, 4.69) is 27.3 Å². The summed E-state index contributed by atoms with van der Waals surface area (Å²) in [5, 5.41) is 12.5. The highest BCUT2D eigenvalue weighted by Gasteiger charge is 2.13. The maximum Gasteiger partial charge on any atom is 0.235 e. The summed E-state index contributed by atoms with van der Waals surface area (Å²) in [5.41, 5.74) is 1.52. The summed E-state index contributed by atoms with van der Waals surface area (Å²) in [6, 6.07) is 2.09. The first-order valence-corrected chi connectivity index (χ1v) is 5.89. The molecule has 0 spiro atoms. The lowest BCUT2D eigenvalue weighted by Crippen LogP contribution is -2.11. The van der Waals surface area contributed by atoms with E-state index in [1.165, 1.54) is 11.3 Å². The Morgan fingerprint density at radius 1 is 1.64 bits per heavy atom. The maximum atomic E-state index is 11.1. The van der Waals surface area contributed by atoms with Crippen LogP contribution >= 0.6 is 27.3 Å². The molecule has 0 radical (unpaired) electrons. The SMILES string of the molecule is Cc1sc(NC(=O)CBr)c(C#N)c1C. The predicted octanol–water partition coefficient (Wildman–Crippen LogP) is 2.57. The zero-order chi connectivity index (χ0) is 10.7. The van der Waals surface area contributed by atoms with Crippen molar-refractivity contribution in [3.8, 4) is 6.07 Å². The number of aryl methyl sites for hydroxylation is 1. The molecule has 0 saturated carbocycles. The molecule has 0 aliphatic heterocycles. The van der Waals surface area contributed by atoms with Gasteiger partial charge in [-0.25, -0.2) is 0 Å². The van der Waals surface area contributed by atoms with E-state index in [-0.39, 0.29) is 11.2 Å². The zero-order valence-electron chi connectivity index (χ0n) is 7.85. The third-order valence-electron chi connectivity index (χ3n) is 1.87. The van der Waals surface area contributed by atoms with Gasteiger partial charge in [-0.1, -0.05) is 15.9 Å². The third-order valence-corrected chi connectivity index (χ3v) is 3.50. The van der Waals surface area contributed by atoms with Crippen molar-refractivity contribution in [2.45, 2.75) is 13.8 Å². The second-order valence-electron chi connectivity index (χ2n) is 2.78. The van der Waals surface area contributed by atoms with Crippen LogP contribution in [0.2, 0.25) is 0 Å². The molecule has 3 nitrogen and oxygen atoms in total. The maximum absolute atomic E-state index is 11.1. The Morgan fingerprint density at radius 3 is 2.79 bits per heavy atom. The fourth-order valence-electron chi connectivity index (χ4n) is 1.01. The van der Waals surface area contributed by atoms with Crippen molar-refractivity contribution in [1.82, 2.24) is 0 Å². The average molecular weight is 273 g/mol. The monoisotopic (exact) mass is 272 g/mol. The molecule has 0 aliphatic rings. The summed E-state index contributed by atoms with van der Waals surface area (Å²) < 4.78 is 0. The minimum Gasteiger partial charge on any atom is -0.316 e. The van der Waals surface area contributed by atoms with Crippen molar-refractivity contribution in [2.75, 3.05) is 10.6 Å². The van der Waals surface area contributed by atoms with Gasteiger partial charge >= 0.3 is 0 Å². The highest BCUT2D eigenvalue weighted by Crippen LogP contribution is 2.31. The number of thiophene rings is 1. The molecule has 1 aromatic rings. The number of alkyl halides is 1. The smallest absolute Gasteiger partial charge is 0.235 e. The van der Waals surface area contributed by atoms with Crippen LogP contribution in [0.15, 0.2) is 0 Å². The van der Waals surface area contributed by atoms with Crippen LogP contribution in [0.25, 0.3) is 0 Å². The number of rotatable bonds is 2. The number of amides is 1. The van der Waals surface area contributed by atoms with E-state index in [0.717, 1.165) is 10.4 Å². The first-order valence-electron chi connectivity index (χ1n) is 3.96. The lowest BCUT2D eigenvalue weighted by atomic mass is 10.2. The Kier molecular flexibility index (Phi) is 3.67. The number of nitriles is 1. The van der Waals surface area contributed by atoms with Gasteiger partial charge in [0.05, 0.1) is 10.9 Å². The summed E-state index contributed by atoms with van der Waals surface area (Å²) in [7, 11) is 0. The van der Waals surface area contributed by atoms with E-state index < -0.39 is 0 Å². The van der Waals surface area contributed by atoms with Crippen molar-refractivity contribution < 1.29 is 4.79 Å². The number of hydrogen-bond donors (Lipinski definition) is 1. The summed E-state index contributed by atoms with van der Waals surface area (Å²) in [6.07, 6.45) is 0. The number of hydrogen-bond acceptors (Lipinski definition) is 3. The Labute approximate surface area is 94.9 Å². The van der Waals surface area contributed by atoms with Crippen LogP contribution in [0.4, 0.5) is 5.00 Å².